The molecule has 0 aliphatic heterocycles. The molecule has 5 N–H and O–H groups in total. The fourth-order valence-electron chi connectivity index (χ4n) is 1.38. The van der Waals surface area contributed by atoms with Gasteiger partial charge in [-0.25, -0.2) is 4.79 Å². The molecular weight excluding hydrogens is 264 g/mol. The molecule has 19 heavy (non-hydrogen) atoms. The van der Waals surface area contributed by atoms with Crippen LogP contribution in [0.2, 0.25) is 0 Å². The zero-order valence-electron chi connectivity index (χ0n) is 9.57. The van der Waals surface area contributed by atoms with Gasteiger partial charge in [0.2, 0.25) is 0 Å². The van der Waals surface area contributed by atoms with Gasteiger partial charge in [0.25, 0.3) is 0 Å². The smallest absolute Gasteiger partial charge is 0.336 e. The standard InChI is InChI=1S/C10H12O9/c11-6(12)1-4(2-7(13)14)5(3-8(15)16)9(17)10(18)19/h9,17H,1-3H2,(H,11,12)(H,13,14)(H,15,16)(H,18,19). The highest BCUT2D eigenvalue weighted by Crippen LogP contribution is 2.20. The second-order valence-corrected chi connectivity index (χ2v) is 3.58. The number of hydrogen-bond donors (Lipinski definition) is 5. The molecule has 0 saturated carbocycles. The van der Waals surface area contributed by atoms with Gasteiger partial charge < -0.3 is 25.5 Å². The van der Waals surface area contributed by atoms with E-state index in [1.54, 1.807) is 0 Å². The number of rotatable bonds is 8. The summed E-state index contributed by atoms with van der Waals surface area (Å²) in [5.41, 5.74) is -1.08. The number of aliphatic carboxylic acids is 4. The summed E-state index contributed by atoms with van der Waals surface area (Å²) in [7, 11) is 0. The maximum atomic E-state index is 10.6. The van der Waals surface area contributed by atoms with Crippen LogP contribution in [-0.2, 0) is 19.2 Å². The molecule has 0 rings (SSSR count). The molecule has 9 heteroatoms. The fourth-order valence-corrected chi connectivity index (χ4v) is 1.38. The Morgan fingerprint density at radius 1 is 0.737 bits per heavy atom. The van der Waals surface area contributed by atoms with Crippen LogP contribution in [0, 0.1) is 0 Å². The summed E-state index contributed by atoms with van der Waals surface area (Å²) >= 11 is 0. The van der Waals surface area contributed by atoms with Crippen molar-refractivity contribution in [1.82, 2.24) is 0 Å². The number of carboxylic acids is 4. The minimum Gasteiger partial charge on any atom is -0.481 e. The minimum absolute atomic E-state index is 0.447. The maximum absolute atomic E-state index is 10.6. The summed E-state index contributed by atoms with van der Waals surface area (Å²) in [6.07, 6.45) is -4.94. The highest BCUT2D eigenvalue weighted by molar-refractivity contribution is 5.83. The van der Waals surface area contributed by atoms with Gasteiger partial charge in [0.15, 0.2) is 6.10 Å². The van der Waals surface area contributed by atoms with Crippen molar-refractivity contribution < 1.29 is 44.7 Å². The lowest BCUT2D eigenvalue weighted by molar-refractivity contribution is -0.145. The molecule has 0 aliphatic rings. The van der Waals surface area contributed by atoms with Crippen molar-refractivity contribution in [2.75, 3.05) is 0 Å². The van der Waals surface area contributed by atoms with Crippen molar-refractivity contribution >= 4 is 23.9 Å². The quantitative estimate of drug-likeness (QED) is 0.354. The fraction of sp³-hybridized carbons (Fsp3) is 0.400. The van der Waals surface area contributed by atoms with E-state index in [0.29, 0.717) is 0 Å². The number of aliphatic hydroxyl groups is 1. The molecule has 0 heterocycles. The van der Waals surface area contributed by atoms with Gasteiger partial charge in [-0.1, -0.05) is 0 Å². The minimum atomic E-state index is -2.26. The van der Waals surface area contributed by atoms with Crippen LogP contribution in [0.15, 0.2) is 11.1 Å². The third kappa shape index (κ3) is 6.17. The zero-order chi connectivity index (χ0) is 15.2. The summed E-state index contributed by atoms with van der Waals surface area (Å²) in [6.45, 7) is 0. The van der Waals surface area contributed by atoms with Crippen molar-refractivity contribution in [2.45, 2.75) is 25.4 Å². The molecule has 1 unspecified atom stereocenters. The maximum Gasteiger partial charge on any atom is 0.336 e. The van der Waals surface area contributed by atoms with E-state index in [4.69, 9.17) is 20.4 Å². The van der Waals surface area contributed by atoms with E-state index in [-0.39, 0.29) is 0 Å². The Bertz CT molecular complexity index is 416. The number of aliphatic hydroxyl groups excluding tert-OH is 1. The largest absolute Gasteiger partial charge is 0.481 e. The zero-order valence-corrected chi connectivity index (χ0v) is 9.57. The highest BCUT2D eigenvalue weighted by atomic mass is 16.4. The molecular formula is C10H12O9. The summed E-state index contributed by atoms with van der Waals surface area (Å²) in [5.74, 6) is -6.22. The molecule has 0 radical (unpaired) electrons. The molecule has 0 aromatic heterocycles. The Kier molecular flexibility index (Phi) is 6.21. The van der Waals surface area contributed by atoms with E-state index in [1.165, 1.54) is 0 Å². The first-order valence-corrected chi connectivity index (χ1v) is 4.92. The van der Waals surface area contributed by atoms with Crippen molar-refractivity contribution in [3.8, 4) is 0 Å². The Hall–Kier alpha value is -2.42. The third-order valence-electron chi connectivity index (χ3n) is 2.09. The van der Waals surface area contributed by atoms with Crippen LogP contribution < -0.4 is 0 Å². The van der Waals surface area contributed by atoms with Gasteiger partial charge in [0, 0.05) is 0 Å². The van der Waals surface area contributed by atoms with Crippen LogP contribution in [0.5, 0.6) is 0 Å². The van der Waals surface area contributed by atoms with E-state index in [1.807, 2.05) is 0 Å². The van der Waals surface area contributed by atoms with Crippen molar-refractivity contribution in [3.63, 3.8) is 0 Å². The number of hydrogen-bond acceptors (Lipinski definition) is 5. The van der Waals surface area contributed by atoms with E-state index in [2.05, 4.69) is 0 Å². The molecule has 0 fully saturated rings. The Morgan fingerprint density at radius 2 is 1.11 bits per heavy atom. The summed E-state index contributed by atoms with van der Waals surface area (Å²) in [6, 6.07) is 0. The van der Waals surface area contributed by atoms with Crippen LogP contribution in [0.25, 0.3) is 0 Å². The molecule has 1 atom stereocenters. The molecule has 106 valence electrons. The van der Waals surface area contributed by atoms with Gasteiger partial charge in [-0.15, -0.1) is 0 Å². The van der Waals surface area contributed by atoms with Gasteiger partial charge >= 0.3 is 23.9 Å². The van der Waals surface area contributed by atoms with Crippen molar-refractivity contribution in [3.05, 3.63) is 11.1 Å². The lowest BCUT2D eigenvalue weighted by atomic mass is 9.95. The Balaban J connectivity index is 5.64. The summed E-state index contributed by atoms with van der Waals surface area (Å²) < 4.78 is 0. The monoisotopic (exact) mass is 276 g/mol. The van der Waals surface area contributed by atoms with Crippen LogP contribution in [0.3, 0.4) is 0 Å². The predicted octanol–water partition coefficient (Wildman–Crippen LogP) is -0.847. The number of carbonyl (C=O) groups is 4. The third-order valence-corrected chi connectivity index (χ3v) is 2.09. The van der Waals surface area contributed by atoms with E-state index in [9.17, 15) is 24.3 Å². The first-order chi connectivity index (χ1) is 8.65. The van der Waals surface area contributed by atoms with E-state index in [0.717, 1.165) is 0 Å². The molecule has 0 aromatic rings. The molecule has 0 amide bonds. The lowest BCUT2D eigenvalue weighted by Crippen LogP contribution is -2.26. The highest BCUT2D eigenvalue weighted by Gasteiger charge is 2.26. The Morgan fingerprint density at radius 3 is 1.37 bits per heavy atom. The average molecular weight is 276 g/mol. The molecule has 0 aromatic carbocycles. The molecule has 0 bridgehead atoms. The van der Waals surface area contributed by atoms with Crippen LogP contribution in [0.4, 0.5) is 0 Å². The van der Waals surface area contributed by atoms with E-state index >= 15 is 0 Å². The topological polar surface area (TPSA) is 169 Å². The first-order valence-electron chi connectivity index (χ1n) is 4.92. The molecule has 9 nitrogen and oxygen atoms in total. The van der Waals surface area contributed by atoms with Crippen molar-refractivity contribution in [1.29, 1.82) is 0 Å². The van der Waals surface area contributed by atoms with E-state index < -0.39 is 60.4 Å². The van der Waals surface area contributed by atoms with Gasteiger partial charge in [-0.3, -0.25) is 14.4 Å². The average Bonchev–Trinajstić information content (AvgIpc) is 2.22. The summed E-state index contributed by atoms with van der Waals surface area (Å²) in [4.78, 5) is 42.3. The lowest BCUT2D eigenvalue weighted by Gasteiger charge is -2.14. The Labute approximate surface area is 106 Å². The first kappa shape index (κ1) is 16.6. The van der Waals surface area contributed by atoms with Crippen molar-refractivity contribution in [2.24, 2.45) is 0 Å². The van der Waals surface area contributed by atoms with Gasteiger partial charge in [0.1, 0.15) is 0 Å². The number of carboxylic acid groups (broad SMARTS) is 4. The second-order valence-electron chi connectivity index (χ2n) is 3.58. The van der Waals surface area contributed by atoms with Crippen LogP contribution >= 0.6 is 0 Å². The summed E-state index contributed by atoms with van der Waals surface area (Å²) in [5, 5.41) is 43.7. The predicted molar refractivity (Wildman–Crippen MR) is 57.4 cm³/mol. The molecule has 0 aliphatic carbocycles. The van der Waals surface area contributed by atoms with Crippen LogP contribution in [0.1, 0.15) is 19.3 Å². The van der Waals surface area contributed by atoms with Gasteiger partial charge in [-0.2, -0.15) is 0 Å². The molecule has 0 saturated heterocycles. The van der Waals surface area contributed by atoms with Crippen LogP contribution in [-0.4, -0.2) is 55.5 Å². The van der Waals surface area contributed by atoms with Gasteiger partial charge in [-0.05, 0) is 11.1 Å². The van der Waals surface area contributed by atoms with Gasteiger partial charge in [0.05, 0.1) is 19.3 Å². The normalized spacial score (nSPS) is 11.4. The molecule has 0 spiro atoms. The SMILES string of the molecule is O=C(O)CC(CC(=O)O)=C(CC(=O)O)C(O)C(=O)O. The second kappa shape index (κ2) is 7.11.